The molecule has 4 rings (SSSR count). The second-order valence-corrected chi connectivity index (χ2v) is 6.16. The molecule has 116 valence electrons. The van der Waals surface area contributed by atoms with Crippen LogP contribution in [0.4, 0.5) is 0 Å². The van der Waals surface area contributed by atoms with E-state index in [1.807, 2.05) is 36.5 Å². The van der Waals surface area contributed by atoms with Crippen molar-refractivity contribution in [3.63, 3.8) is 0 Å². The minimum absolute atomic E-state index is 0.230. The van der Waals surface area contributed by atoms with E-state index in [2.05, 4.69) is 32.7 Å². The summed E-state index contributed by atoms with van der Waals surface area (Å²) in [7, 11) is 1.87. The SMILES string of the molecule is CN1CC(Cn2ccnc2-c2ccc3ncccc3c2)CC1=O. The van der Waals surface area contributed by atoms with E-state index in [-0.39, 0.29) is 5.91 Å². The standard InChI is InChI=1S/C18H18N4O/c1-21-11-13(9-17(21)23)12-22-8-7-20-18(22)15-4-5-16-14(10-15)3-2-6-19-16/h2-8,10,13H,9,11-12H2,1H3. The summed E-state index contributed by atoms with van der Waals surface area (Å²) in [6.45, 7) is 1.63. The molecule has 1 aliphatic heterocycles. The van der Waals surface area contributed by atoms with Crippen molar-refractivity contribution < 1.29 is 4.79 Å². The molecule has 1 amide bonds. The van der Waals surface area contributed by atoms with Gasteiger partial charge in [0.05, 0.1) is 5.52 Å². The van der Waals surface area contributed by atoms with Gasteiger partial charge in [-0.2, -0.15) is 0 Å². The minimum Gasteiger partial charge on any atom is -0.345 e. The maximum atomic E-state index is 11.7. The van der Waals surface area contributed by atoms with Gasteiger partial charge in [0.25, 0.3) is 0 Å². The smallest absolute Gasteiger partial charge is 0.222 e. The number of benzene rings is 1. The summed E-state index contributed by atoms with van der Waals surface area (Å²) < 4.78 is 2.15. The Morgan fingerprint density at radius 2 is 2.13 bits per heavy atom. The lowest BCUT2D eigenvalue weighted by Crippen LogP contribution is -2.20. The van der Waals surface area contributed by atoms with Crippen LogP contribution in [0.25, 0.3) is 22.3 Å². The molecular weight excluding hydrogens is 288 g/mol. The highest BCUT2D eigenvalue weighted by Gasteiger charge is 2.27. The van der Waals surface area contributed by atoms with Crippen molar-refractivity contribution in [2.24, 2.45) is 5.92 Å². The Bertz CT molecular complexity index is 870. The average molecular weight is 306 g/mol. The Kier molecular flexibility index (Phi) is 3.33. The summed E-state index contributed by atoms with van der Waals surface area (Å²) in [5.74, 6) is 1.52. The Labute approximate surface area is 134 Å². The summed E-state index contributed by atoms with van der Waals surface area (Å²) in [6.07, 6.45) is 6.24. The number of carbonyl (C=O) groups is 1. The van der Waals surface area contributed by atoms with Crippen LogP contribution >= 0.6 is 0 Å². The number of rotatable bonds is 3. The van der Waals surface area contributed by atoms with E-state index in [0.29, 0.717) is 12.3 Å². The molecule has 5 heteroatoms. The summed E-state index contributed by atoms with van der Waals surface area (Å²) in [5, 5.41) is 1.11. The highest BCUT2D eigenvalue weighted by molar-refractivity contribution is 5.83. The van der Waals surface area contributed by atoms with Crippen LogP contribution in [0.1, 0.15) is 6.42 Å². The summed E-state index contributed by atoms with van der Waals surface area (Å²) in [6, 6.07) is 10.2. The summed E-state index contributed by atoms with van der Waals surface area (Å²) >= 11 is 0. The van der Waals surface area contributed by atoms with Crippen LogP contribution in [0.5, 0.6) is 0 Å². The normalized spacial score (nSPS) is 18.0. The number of nitrogens with zero attached hydrogens (tertiary/aromatic N) is 4. The number of likely N-dealkylation sites (tertiary alicyclic amines) is 1. The Morgan fingerprint density at radius 1 is 1.22 bits per heavy atom. The largest absolute Gasteiger partial charge is 0.345 e. The molecular formula is C18H18N4O. The third-order valence-corrected chi connectivity index (χ3v) is 4.45. The van der Waals surface area contributed by atoms with E-state index in [1.54, 1.807) is 6.20 Å². The maximum absolute atomic E-state index is 11.7. The zero-order valence-corrected chi connectivity index (χ0v) is 13.0. The lowest BCUT2D eigenvalue weighted by Gasteiger charge is -2.13. The molecule has 1 fully saturated rings. The highest BCUT2D eigenvalue weighted by atomic mass is 16.2. The van der Waals surface area contributed by atoms with Crippen LogP contribution in [0.15, 0.2) is 48.9 Å². The molecule has 0 N–H and O–H groups in total. The van der Waals surface area contributed by atoms with Gasteiger partial charge in [-0.05, 0) is 24.3 Å². The first-order valence-electron chi connectivity index (χ1n) is 7.81. The Balaban J connectivity index is 1.64. The molecule has 5 nitrogen and oxygen atoms in total. The third-order valence-electron chi connectivity index (χ3n) is 4.45. The van der Waals surface area contributed by atoms with Crippen molar-refractivity contribution in [3.8, 4) is 11.4 Å². The minimum atomic E-state index is 0.230. The highest BCUT2D eigenvalue weighted by Crippen LogP contribution is 2.25. The average Bonchev–Trinajstić information content (AvgIpc) is 3.14. The second kappa shape index (κ2) is 5.50. The first kappa shape index (κ1) is 13.9. The molecule has 3 aromatic rings. The molecule has 1 unspecified atom stereocenters. The van der Waals surface area contributed by atoms with Crippen LogP contribution in [-0.2, 0) is 11.3 Å². The molecule has 2 aromatic heterocycles. The van der Waals surface area contributed by atoms with Gasteiger partial charge in [0.15, 0.2) is 0 Å². The van der Waals surface area contributed by atoms with Crippen molar-refractivity contribution in [3.05, 3.63) is 48.9 Å². The Morgan fingerprint density at radius 3 is 2.96 bits per heavy atom. The first-order valence-corrected chi connectivity index (χ1v) is 7.81. The number of hydrogen-bond donors (Lipinski definition) is 0. The third kappa shape index (κ3) is 2.59. The van der Waals surface area contributed by atoms with Gasteiger partial charge in [0.1, 0.15) is 5.82 Å². The number of aromatic nitrogens is 3. The zero-order valence-electron chi connectivity index (χ0n) is 13.0. The maximum Gasteiger partial charge on any atom is 0.222 e. The molecule has 3 heterocycles. The Hall–Kier alpha value is -2.69. The number of amides is 1. The van der Waals surface area contributed by atoms with Crippen LogP contribution < -0.4 is 0 Å². The van der Waals surface area contributed by atoms with Crippen molar-refractivity contribution >= 4 is 16.8 Å². The van der Waals surface area contributed by atoms with E-state index >= 15 is 0 Å². The molecule has 1 aromatic carbocycles. The summed E-state index contributed by atoms with van der Waals surface area (Å²) in [5.41, 5.74) is 2.06. The topological polar surface area (TPSA) is 51.0 Å². The van der Waals surface area contributed by atoms with E-state index in [4.69, 9.17) is 0 Å². The molecule has 1 atom stereocenters. The predicted octanol–water partition coefficient (Wildman–Crippen LogP) is 2.58. The van der Waals surface area contributed by atoms with Crippen LogP contribution in [0.2, 0.25) is 0 Å². The van der Waals surface area contributed by atoms with E-state index in [1.165, 1.54) is 0 Å². The van der Waals surface area contributed by atoms with Crippen LogP contribution in [0.3, 0.4) is 0 Å². The molecule has 0 spiro atoms. The number of hydrogen-bond acceptors (Lipinski definition) is 3. The molecule has 1 aliphatic rings. The molecule has 23 heavy (non-hydrogen) atoms. The van der Waals surface area contributed by atoms with Gasteiger partial charge in [-0.3, -0.25) is 9.78 Å². The fraction of sp³-hybridized carbons (Fsp3) is 0.278. The summed E-state index contributed by atoms with van der Waals surface area (Å²) in [4.78, 5) is 22.4. The first-order chi connectivity index (χ1) is 11.2. The van der Waals surface area contributed by atoms with Crippen molar-refractivity contribution in [2.75, 3.05) is 13.6 Å². The van der Waals surface area contributed by atoms with Crippen molar-refractivity contribution in [2.45, 2.75) is 13.0 Å². The van der Waals surface area contributed by atoms with Crippen LogP contribution in [-0.4, -0.2) is 38.9 Å². The molecule has 0 aliphatic carbocycles. The predicted molar refractivity (Wildman–Crippen MR) is 88.7 cm³/mol. The van der Waals surface area contributed by atoms with E-state index in [0.717, 1.165) is 35.4 Å². The van der Waals surface area contributed by atoms with Gasteiger partial charge < -0.3 is 9.47 Å². The fourth-order valence-corrected chi connectivity index (χ4v) is 3.29. The van der Waals surface area contributed by atoms with E-state index < -0.39 is 0 Å². The number of fused-ring (bicyclic) bond motifs is 1. The monoisotopic (exact) mass is 306 g/mol. The van der Waals surface area contributed by atoms with Crippen LogP contribution in [0, 0.1) is 5.92 Å². The lowest BCUT2D eigenvalue weighted by molar-refractivity contribution is -0.126. The van der Waals surface area contributed by atoms with Gasteiger partial charge in [0.2, 0.25) is 5.91 Å². The number of carbonyl (C=O) groups excluding carboxylic acids is 1. The van der Waals surface area contributed by atoms with Gasteiger partial charge in [-0.15, -0.1) is 0 Å². The number of pyridine rings is 1. The van der Waals surface area contributed by atoms with Gasteiger partial charge >= 0.3 is 0 Å². The molecule has 0 bridgehead atoms. The fourth-order valence-electron chi connectivity index (χ4n) is 3.29. The molecule has 0 saturated carbocycles. The molecule has 1 saturated heterocycles. The second-order valence-electron chi connectivity index (χ2n) is 6.16. The number of imidazole rings is 1. The van der Waals surface area contributed by atoms with Crippen molar-refractivity contribution in [1.29, 1.82) is 0 Å². The van der Waals surface area contributed by atoms with Crippen molar-refractivity contribution in [1.82, 2.24) is 19.4 Å². The van der Waals surface area contributed by atoms with Gasteiger partial charge in [-0.25, -0.2) is 4.98 Å². The molecule has 0 radical (unpaired) electrons. The lowest BCUT2D eigenvalue weighted by atomic mass is 10.1. The van der Waals surface area contributed by atoms with Gasteiger partial charge in [0, 0.05) is 62.0 Å². The quantitative estimate of drug-likeness (QED) is 0.747. The van der Waals surface area contributed by atoms with E-state index in [9.17, 15) is 4.79 Å². The van der Waals surface area contributed by atoms with Gasteiger partial charge in [-0.1, -0.05) is 6.07 Å². The zero-order chi connectivity index (χ0) is 15.8.